The first-order valence-corrected chi connectivity index (χ1v) is 5.97. The van der Waals surface area contributed by atoms with E-state index in [-0.39, 0.29) is 12.1 Å². The molecule has 0 aromatic heterocycles. The quantitative estimate of drug-likeness (QED) is 0.702. The van der Waals surface area contributed by atoms with E-state index in [9.17, 15) is 0 Å². The molecular formula is C13H20N2O. The molecule has 0 heterocycles. The summed E-state index contributed by atoms with van der Waals surface area (Å²) < 4.78 is 0. The van der Waals surface area contributed by atoms with Crippen molar-refractivity contribution in [2.45, 2.75) is 24.8 Å². The standard InChI is InChI=1S/C13H20N2O/c14-10-13(15-8-9-16)7-3-5-11-4-1-2-6-12(11)13/h1-2,4,6,15-16H,3,5,7-10,14H2. The fourth-order valence-electron chi connectivity index (χ4n) is 2.68. The van der Waals surface area contributed by atoms with Crippen LogP contribution < -0.4 is 11.1 Å². The Kier molecular flexibility index (Phi) is 3.59. The van der Waals surface area contributed by atoms with Gasteiger partial charge in [0.25, 0.3) is 0 Å². The molecule has 88 valence electrons. The van der Waals surface area contributed by atoms with E-state index in [1.165, 1.54) is 11.1 Å². The lowest BCUT2D eigenvalue weighted by Gasteiger charge is -2.39. The zero-order chi connectivity index (χ0) is 11.4. The minimum absolute atomic E-state index is 0.127. The van der Waals surface area contributed by atoms with Crippen molar-refractivity contribution in [2.24, 2.45) is 5.73 Å². The van der Waals surface area contributed by atoms with Crippen molar-refractivity contribution >= 4 is 0 Å². The largest absolute Gasteiger partial charge is 0.395 e. The van der Waals surface area contributed by atoms with Crippen LogP contribution in [0.15, 0.2) is 24.3 Å². The van der Waals surface area contributed by atoms with E-state index < -0.39 is 0 Å². The SMILES string of the molecule is NCC1(NCCO)CCCc2ccccc21. The molecular weight excluding hydrogens is 200 g/mol. The normalized spacial score (nSPS) is 24.1. The second kappa shape index (κ2) is 4.95. The topological polar surface area (TPSA) is 58.3 Å². The summed E-state index contributed by atoms with van der Waals surface area (Å²) in [5, 5.41) is 12.4. The Morgan fingerprint density at radius 2 is 2.19 bits per heavy atom. The molecule has 1 aliphatic rings. The summed E-state index contributed by atoms with van der Waals surface area (Å²) in [6.45, 7) is 1.35. The minimum atomic E-state index is -0.127. The highest BCUT2D eigenvalue weighted by Gasteiger charge is 2.34. The molecule has 3 heteroatoms. The summed E-state index contributed by atoms with van der Waals surface area (Å²) in [6, 6.07) is 8.48. The number of fused-ring (bicyclic) bond motifs is 1. The third-order valence-corrected chi connectivity index (χ3v) is 3.51. The van der Waals surface area contributed by atoms with Crippen LogP contribution in [-0.2, 0) is 12.0 Å². The van der Waals surface area contributed by atoms with Crippen LogP contribution in [0, 0.1) is 0 Å². The van der Waals surface area contributed by atoms with Crippen LogP contribution in [-0.4, -0.2) is 24.8 Å². The molecule has 0 bridgehead atoms. The van der Waals surface area contributed by atoms with Crippen molar-refractivity contribution in [1.82, 2.24) is 5.32 Å². The van der Waals surface area contributed by atoms with Gasteiger partial charge >= 0.3 is 0 Å². The average Bonchev–Trinajstić information content (AvgIpc) is 2.36. The number of nitrogens with two attached hydrogens (primary N) is 1. The fraction of sp³-hybridized carbons (Fsp3) is 0.538. The lowest BCUT2D eigenvalue weighted by Crippen LogP contribution is -2.51. The van der Waals surface area contributed by atoms with Crippen LogP contribution in [0.3, 0.4) is 0 Å². The van der Waals surface area contributed by atoms with Crippen molar-refractivity contribution in [2.75, 3.05) is 19.7 Å². The van der Waals surface area contributed by atoms with Gasteiger partial charge in [0.05, 0.1) is 12.1 Å². The van der Waals surface area contributed by atoms with Gasteiger partial charge in [-0.1, -0.05) is 24.3 Å². The maximum absolute atomic E-state index is 8.95. The number of hydrogen-bond acceptors (Lipinski definition) is 3. The molecule has 0 radical (unpaired) electrons. The van der Waals surface area contributed by atoms with Crippen molar-refractivity contribution in [3.63, 3.8) is 0 Å². The summed E-state index contributed by atoms with van der Waals surface area (Å²) >= 11 is 0. The first-order chi connectivity index (χ1) is 7.82. The number of aliphatic hydroxyl groups excluding tert-OH is 1. The summed E-state index contributed by atoms with van der Waals surface area (Å²) in [5.41, 5.74) is 8.53. The van der Waals surface area contributed by atoms with Crippen LogP contribution >= 0.6 is 0 Å². The van der Waals surface area contributed by atoms with Gasteiger partial charge in [0.1, 0.15) is 0 Å². The molecule has 0 saturated heterocycles. The van der Waals surface area contributed by atoms with E-state index in [0.717, 1.165) is 19.3 Å². The van der Waals surface area contributed by atoms with Crippen LogP contribution in [0.1, 0.15) is 24.0 Å². The highest BCUT2D eigenvalue weighted by molar-refractivity contribution is 5.36. The molecule has 16 heavy (non-hydrogen) atoms. The minimum Gasteiger partial charge on any atom is -0.395 e. The number of aliphatic hydroxyl groups is 1. The first-order valence-electron chi connectivity index (χ1n) is 5.97. The van der Waals surface area contributed by atoms with E-state index in [1.54, 1.807) is 0 Å². The van der Waals surface area contributed by atoms with E-state index >= 15 is 0 Å². The molecule has 2 rings (SSSR count). The first kappa shape index (κ1) is 11.6. The molecule has 0 saturated carbocycles. The van der Waals surface area contributed by atoms with E-state index in [0.29, 0.717) is 13.1 Å². The van der Waals surface area contributed by atoms with Gasteiger partial charge in [-0.15, -0.1) is 0 Å². The van der Waals surface area contributed by atoms with E-state index in [2.05, 4.69) is 29.6 Å². The summed E-state index contributed by atoms with van der Waals surface area (Å²) in [6.07, 6.45) is 3.35. The Morgan fingerprint density at radius 3 is 2.94 bits per heavy atom. The second-order valence-corrected chi connectivity index (χ2v) is 4.45. The molecule has 1 aliphatic carbocycles. The molecule has 4 N–H and O–H groups in total. The lowest BCUT2D eigenvalue weighted by molar-refractivity contribution is 0.237. The lowest BCUT2D eigenvalue weighted by atomic mass is 9.76. The molecule has 3 nitrogen and oxygen atoms in total. The Morgan fingerprint density at radius 1 is 1.38 bits per heavy atom. The predicted octanol–water partition coefficient (Wildman–Crippen LogP) is 0.759. The molecule has 1 atom stereocenters. The van der Waals surface area contributed by atoms with Gasteiger partial charge in [-0.3, -0.25) is 0 Å². The van der Waals surface area contributed by atoms with Gasteiger partial charge in [-0.05, 0) is 30.4 Å². The number of aryl methyl sites for hydroxylation is 1. The molecule has 1 aromatic rings. The van der Waals surface area contributed by atoms with E-state index in [4.69, 9.17) is 10.8 Å². The van der Waals surface area contributed by atoms with Crippen molar-refractivity contribution < 1.29 is 5.11 Å². The zero-order valence-electron chi connectivity index (χ0n) is 9.58. The van der Waals surface area contributed by atoms with Crippen molar-refractivity contribution in [1.29, 1.82) is 0 Å². The Balaban J connectivity index is 2.33. The fourth-order valence-corrected chi connectivity index (χ4v) is 2.68. The third kappa shape index (κ3) is 1.98. The summed E-state index contributed by atoms with van der Waals surface area (Å²) in [4.78, 5) is 0. The van der Waals surface area contributed by atoms with E-state index in [1.807, 2.05) is 0 Å². The number of benzene rings is 1. The molecule has 1 unspecified atom stereocenters. The third-order valence-electron chi connectivity index (χ3n) is 3.51. The molecule has 0 amide bonds. The Hall–Kier alpha value is -0.900. The summed E-state index contributed by atoms with van der Waals surface area (Å²) in [7, 11) is 0. The van der Waals surface area contributed by atoms with Crippen LogP contribution in [0.25, 0.3) is 0 Å². The predicted molar refractivity (Wildman–Crippen MR) is 65.2 cm³/mol. The zero-order valence-corrected chi connectivity index (χ0v) is 9.58. The maximum atomic E-state index is 8.95. The van der Waals surface area contributed by atoms with Crippen LogP contribution in [0.5, 0.6) is 0 Å². The molecule has 0 spiro atoms. The molecule has 0 fully saturated rings. The monoisotopic (exact) mass is 220 g/mol. The highest BCUT2D eigenvalue weighted by atomic mass is 16.3. The number of rotatable bonds is 4. The number of hydrogen-bond donors (Lipinski definition) is 3. The Bertz CT molecular complexity index is 354. The van der Waals surface area contributed by atoms with Crippen LogP contribution in [0.2, 0.25) is 0 Å². The van der Waals surface area contributed by atoms with Gasteiger partial charge in [-0.2, -0.15) is 0 Å². The van der Waals surface area contributed by atoms with Gasteiger partial charge in [0.2, 0.25) is 0 Å². The maximum Gasteiger partial charge on any atom is 0.0562 e. The molecule has 1 aromatic carbocycles. The van der Waals surface area contributed by atoms with Gasteiger partial charge in [0.15, 0.2) is 0 Å². The molecule has 0 aliphatic heterocycles. The number of nitrogens with one attached hydrogen (secondary N) is 1. The highest BCUT2D eigenvalue weighted by Crippen LogP contribution is 2.34. The second-order valence-electron chi connectivity index (χ2n) is 4.45. The smallest absolute Gasteiger partial charge is 0.0562 e. The van der Waals surface area contributed by atoms with Gasteiger partial charge < -0.3 is 16.2 Å². The van der Waals surface area contributed by atoms with Gasteiger partial charge in [-0.25, -0.2) is 0 Å². The van der Waals surface area contributed by atoms with Crippen LogP contribution in [0.4, 0.5) is 0 Å². The van der Waals surface area contributed by atoms with Crippen molar-refractivity contribution in [3.8, 4) is 0 Å². The van der Waals surface area contributed by atoms with Gasteiger partial charge in [0, 0.05) is 13.1 Å². The average molecular weight is 220 g/mol. The summed E-state index contributed by atoms with van der Waals surface area (Å²) in [5.74, 6) is 0. The van der Waals surface area contributed by atoms with Crippen molar-refractivity contribution in [3.05, 3.63) is 35.4 Å². The Labute approximate surface area is 96.7 Å².